The lowest BCUT2D eigenvalue weighted by Gasteiger charge is -2.20. The molecule has 104 valence electrons. The van der Waals surface area contributed by atoms with Crippen LogP contribution in [0.3, 0.4) is 0 Å². The Morgan fingerprint density at radius 1 is 1.40 bits per heavy atom. The molecule has 1 N–H and O–H groups in total. The third-order valence-corrected chi connectivity index (χ3v) is 4.34. The van der Waals surface area contributed by atoms with Gasteiger partial charge in [0.25, 0.3) is 0 Å². The van der Waals surface area contributed by atoms with E-state index in [1.807, 2.05) is 0 Å². The molecule has 0 aliphatic heterocycles. The van der Waals surface area contributed by atoms with Gasteiger partial charge in [-0.1, -0.05) is 0 Å². The lowest BCUT2D eigenvalue weighted by Crippen LogP contribution is -2.28. The molecule has 0 saturated carbocycles. The zero-order valence-electron chi connectivity index (χ0n) is 10.5. The lowest BCUT2D eigenvalue weighted by molar-refractivity contribution is -0.120. The molecule has 2 aromatic rings. The molecule has 3 rings (SSSR count). The summed E-state index contributed by atoms with van der Waals surface area (Å²) in [7, 11) is 0. The van der Waals surface area contributed by atoms with E-state index in [4.69, 9.17) is 0 Å². The summed E-state index contributed by atoms with van der Waals surface area (Å²) < 4.78 is 26.3. The summed E-state index contributed by atoms with van der Waals surface area (Å²) in [5.74, 6) is -1.83. The second-order valence-electron chi connectivity index (χ2n) is 4.78. The molecular weight excluding hydrogens is 282 g/mol. The second kappa shape index (κ2) is 5.28. The minimum atomic E-state index is -0.757. The highest BCUT2D eigenvalue weighted by Crippen LogP contribution is 2.28. The van der Waals surface area contributed by atoms with Crippen LogP contribution in [-0.4, -0.2) is 10.9 Å². The van der Waals surface area contributed by atoms with Crippen molar-refractivity contribution in [2.24, 2.45) is 5.92 Å². The van der Waals surface area contributed by atoms with Crippen LogP contribution in [0, 0.1) is 17.6 Å². The molecule has 1 heterocycles. The molecule has 0 spiro atoms. The molecule has 1 amide bonds. The number of aryl methyl sites for hydroxylation is 1. The minimum Gasteiger partial charge on any atom is -0.323 e. The monoisotopic (exact) mass is 294 g/mol. The summed E-state index contributed by atoms with van der Waals surface area (Å²) in [6.07, 6.45) is 2.10. The van der Waals surface area contributed by atoms with Gasteiger partial charge in [0.15, 0.2) is 0 Å². The molecule has 0 fully saturated rings. The first-order chi connectivity index (χ1) is 9.63. The van der Waals surface area contributed by atoms with Crippen LogP contribution < -0.4 is 5.32 Å². The fourth-order valence-corrected chi connectivity index (χ4v) is 3.25. The molecule has 1 unspecified atom stereocenters. The summed E-state index contributed by atoms with van der Waals surface area (Å²) in [5, 5.41) is 2.53. The summed E-state index contributed by atoms with van der Waals surface area (Å²) in [6.45, 7) is 0. The maximum Gasteiger partial charge on any atom is 0.227 e. The van der Waals surface area contributed by atoms with Crippen molar-refractivity contribution in [3.63, 3.8) is 0 Å². The maximum atomic E-state index is 13.5. The quantitative estimate of drug-likeness (QED) is 0.924. The van der Waals surface area contributed by atoms with E-state index in [-0.39, 0.29) is 17.5 Å². The third-order valence-electron chi connectivity index (χ3n) is 3.45. The van der Waals surface area contributed by atoms with Gasteiger partial charge in [0, 0.05) is 16.9 Å². The summed E-state index contributed by atoms with van der Waals surface area (Å²) in [4.78, 5) is 17.5. The van der Waals surface area contributed by atoms with Crippen molar-refractivity contribution >= 4 is 22.9 Å². The van der Waals surface area contributed by atoms with Crippen molar-refractivity contribution in [2.75, 3.05) is 5.32 Å². The van der Waals surface area contributed by atoms with Gasteiger partial charge in [0.1, 0.15) is 11.6 Å². The van der Waals surface area contributed by atoms with E-state index in [1.54, 1.807) is 16.8 Å². The number of carbonyl (C=O) groups excluding carboxylic acids is 1. The summed E-state index contributed by atoms with van der Waals surface area (Å²) in [5.41, 5.74) is 2.86. The van der Waals surface area contributed by atoms with Gasteiger partial charge in [-0.3, -0.25) is 4.79 Å². The number of aromatic nitrogens is 1. The minimum absolute atomic E-state index is 0.0199. The number of benzene rings is 1. The van der Waals surface area contributed by atoms with Crippen LogP contribution in [-0.2, 0) is 17.6 Å². The molecule has 1 aliphatic carbocycles. The number of rotatable bonds is 2. The Bertz CT molecular complexity index is 656. The van der Waals surface area contributed by atoms with Gasteiger partial charge in [-0.05, 0) is 31.4 Å². The molecule has 0 bridgehead atoms. The van der Waals surface area contributed by atoms with Gasteiger partial charge < -0.3 is 5.32 Å². The highest BCUT2D eigenvalue weighted by molar-refractivity contribution is 7.09. The van der Waals surface area contributed by atoms with Gasteiger partial charge in [-0.15, -0.1) is 11.3 Å². The predicted octanol–water partition coefficient (Wildman–Crippen LogP) is 3.16. The number of amides is 1. The fourth-order valence-electron chi connectivity index (χ4n) is 2.35. The Kier molecular flexibility index (Phi) is 3.48. The predicted molar refractivity (Wildman–Crippen MR) is 72.6 cm³/mol. The molecule has 20 heavy (non-hydrogen) atoms. The van der Waals surface area contributed by atoms with E-state index in [0.717, 1.165) is 29.1 Å². The molecule has 0 saturated heterocycles. The van der Waals surface area contributed by atoms with E-state index in [2.05, 4.69) is 10.3 Å². The lowest BCUT2D eigenvalue weighted by atomic mass is 9.90. The first-order valence-electron chi connectivity index (χ1n) is 6.30. The molecule has 1 aromatic carbocycles. The Morgan fingerprint density at radius 2 is 2.25 bits per heavy atom. The molecule has 1 aromatic heterocycles. The smallest absolute Gasteiger partial charge is 0.227 e. The number of fused-ring (bicyclic) bond motifs is 1. The van der Waals surface area contributed by atoms with E-state index in [0.29, 0.717) is 12.8 Å². The molecular formula is C14H12F2N2OS. The van der Waals surface area contributed by atoms with Crippen LogP contribution in [0.2, 0.25) is 0 Å². The Labute approximate surface area is 118 Å². The number of hydrogen-bond acceptors (Lipinski definition) is 3. The molecule has 0 radical (unpaired) electrons. The van der Waals surface area contributed by atoms with Crippen LogP contribution in [0.4, 0.5) is 14.5 Å². The highest BCUT2D eigenvalue weighted by Gasteiger charge is 2.26. The number of thiazole rings is 1. The number of nitrogens with zero attached hydrogens (tertiary/aromatic N) is 1. The van der Waals surface area contributed by atoms with Gasteiger partial charge in [0.05, 0.1) is 16.9 Å². The maximum absolute atomic E-state index is 13.5. The van der Waals surface area contributed by atoms with Crippen molar-refractivity contribution in [2.45, 2.75) is 19.3 Å². The second-order valence-corrected chi connectivity index (χ2v) is 5.71. The molecule has 1 aliphatic rings. The fraction of sp³-hybridized carbons (Fsp3) is 0.286. The number of nitrogens with one attached hydrogen (secondary N) is 1. The van der Waals surface area contributed by atoms with Gasteiger partial charge >= 0.3 is 0 Å². The van der Waals surface area contributed by atoms with E-state index < -0.39 is 11.6 Å². The molecule has 6 heteroatoms. The first-order valence-corrected chi connectivity index (χ1v) is 7.18. The van der Waals surface area contributed by atoms with Crippen LogP contribution in [0.5, 0.6) is 0 Å². The van der Waals surface area contributed by atoms with E-state index in [1.165, 1.54) is 6.07 Å². The normalized spacial score (nSPS) is 17.6. The Balaban J connectivity index is 1.71. The number of carbonyl (C=O) groups is 1. The Hall–Kier alpha value is -1.82. The largest absolute Gasteiger partial charge is 0.323 e. The van der Waals surface area contributed by atoms with Gasteiger partial charge in [-0.25, -0.2) is 13.8 Å². The van der Waals surface area contributed by atoms with E-state index >= 15 is 0 Å². The third kappa shape index (κ3) is 2.56. The average molecular weight is 294 g/mol. The Morgan fingerprint density at radius 3 is 3.05 bits per heavy atom. The van der Waals surface area contributed by atoms with Crippen molar-refractivity contribution in [3.05, 3.63) is 45.9 Å². The van der Waals surface area contributed by atoms with Crippen molar-refractivity contribution < 1.29 is 13.6 Å². The summed E-state index contributed by atoms with van der Waals surface area (Å²) in [6, 6.07) is 3.13. The van der Waals surface area contributed by atoms with Gasteiger partial charge in [-0.2, -0.15) is 0 Å². The molecule has 1 atom stereocenters. The number of halogens is 2. The number of hydrogen-bond donors (Lipinski definition) is 1. The summed E-state index contributed by atoms with van der Waals surface area (Å²) >= 11 is 1.54. The van der Waals surface area contributed by atoms with Crippen LogP contribution in [0.1, 0.15) is 17.0 Å². The standard InChI is InChI=1S/C14H12F2N2OS/c15-9-2-4-11(10(16)6-9)18-14(19)8-1-3-12-13(5-8)20-7-17-12/h2,4,6-8H,1,3,5H2,(H,18,19). The zero-order valence-corrected chi connectivity index (χ0v) is 11.3. The van der Waals surface area contributed by atoms with Crippen LogP contribution in [0.15, 0.2) is 23.7 Å². The average Bonchev–Trinajstić information content (AvgIpc) is 2.89. The first kappa shape index (κ1) is 13.2. The van der Waals surface area contributed by atoms with Crippen molar-refractivity contribution in [3.8, 4) is 0 Å². The van der Waals surface area contributed by atoms with E-state index in [9.17, 15) is 13.6 Å². The van der Waals surface area contributed by atoms with Crippen LogP contribution in [0.25, 0.3) is 0 Å². The van der Waals surface area contributed by atoms with Gasteiger partial charge in [0.2, 0.25) is 5.91 Å². The van der Waals surface area contributed by atoms with Crippen LogP contribution >= 0.6 is 11.3 Å². The zero-order chi connectivity index (χ0) is 14.1. The number of anilines is 1. The van der Waals surface area contributed by atoms with Crippen molar-refractivity contribution in [1.82, 2.24) is 4.98 Å². The highest BCUT2D eigenvalue weighted by atomic mass is 32.1. The topological polar surface area (TPSA) is 42.0 Å². The SMILES string of the molecule is O=C(Nc1ccc(F)cc1F)C1CCc2ncsc2C1. The van der Waals surface area contributed by atoms with Crippen molar-refractivity contribution in [1.29, 1.82) is 0 Å². The molecule has 3 nitrogen and oxygen atoms in total.